The number of alkyl carbamates (subject to hydrolysis) is 1. The van der Waals surface area contributed by atoms with Crippen LogP contribution in [0.15, 0.2) is 43.0 Å². The minimum Gasteiger partial charge on any atom is -0.444 e. The van der Waals surface area contributed by atoms with Crippen molar-refractivity contribution in [1.29, 1.82) is 0 Å². The molecule has 1 aromatic carbocycles. The van der Waals surface area contributed by atoms with Crippen LogP contribution < -0.4 is 5.32 Å². The first-order valence-corrected chi connectivity index (χ1v) is 5.59. The van der Waals surface area contributed by atoms with Crippen LogP contribution >= 0.6 is 0 Å². The lowest BCUT2D eigenvalue weighted by atomic mass is 10.1. The predicted octanol–water partition coefficient (Wildman–Crippen LogP) is 3.44. The smallest absolute Gasteiger partial charge is 0.408 e. The summed E-state index contributed by atoms with van der Waals surface area (Å²) in [5.74, 6) is 0. The van der Waals surface area contributed by atoms with Gasteiger partial charge in [0.05, 0.1) is 6.04 Å². The van der Waals surface area contributed by atoms with E-state index in [1.165, 1.54) is 0 Å². The topological polar surface area (TPSA) is 38.3 Å². The molecule has 1 aromatic rings. The largest absolute Gasteiger partial charge is 0.444 e. The molecule has 3 heteroatoms. The van der Waals surface area contributed by atoms with Gasteiger partial charge in [0, 0.05) is 0 Å². The van der Waals surface area contributed by atoms with Crippen molar-refractivity contribution in [1.82, 2.24) is 5.32 Å². The maximum absolute atomic E-state index is 11.6. The summed E-state index contributed by atoms with van der Waals surface area (Å²) in [6, 6.07) is 9.40. The minimum atomic E-state index is -0.494. The van der Waals surface area contributed by atoms with Gasteiger partial charge in [-0.05, 0) is 26.3 Å². The monoisotopic (exact) mass is 233 g/mol. The van der Waals surface area contributed by atoms with E-state index >= 15 is 0 Å². The van der Waals surface area contributed by atoms with Crippen LogP contribution in [-0.4, -0.2) is 11.7 Å². The molecular weight excluding hydrogens is 214 g/mol. The number of nitrogens with one attached hydrogen (secondary N) is 1. The van der Waals surface area contributed by atoms with Gasteiger partial charge in [0.15, 0.2) is 0 Å². The van der Waals surface area contributed by atoms with Gasteiger partial charge in [0.2, 0.25) is 0 Å². The van der Waals surface area contributed by atoms with E-state index < -0.39 is 11.7 Å². The van der Waals surface area contributed by atoms with Crippen molar-refractivity contribution in [2.45, 2.75) is 32.4 Å². The SMILES string of the molecule is C=C[C@@H](NC(=O)OC(C)(C)C)c1ccccc1. The highest BCUT2D eigenvalue weighted by Crippen LogP contribution is 2.14. The molecule has 0 saturated carbocycles. The van der Waals surface area contributed by atoms with Crippen LogP contribution in [0.25, 0.3) is 0 Å². The summed E-state index contributed by atoms with van der Waals surface area (Å²) in [5.41, 5.74) is 0.486. The summed E-state index contributed by atoms with van der Waals surface area (Å²) < 4.78 is 5.19. The highest BCUT2D eigenvalue weighted by molar-refractivity contribution is 5.68. The number of hydrogen-bond acceptors (Lipinski definition) is 2. The fourth-order valence-corrected chi connectivity index (χ4v) is 1.37. The van der Waals surface area contributed by atoms with Gasteiger partial charge in [0.1, 0.15) is 5.60 Å². The van der Waals surface area contributed by atoms with Crippen LogP contribution in [0.5, 0.6) is 0 Å². The van der Waals surface area contributed by atoms with Gasteiger partial charge in [0.25, 0.3) is 0 Å². The number of benzene rings is 1. The standard InChI is InChI=1S/C14H19NO2/c1-5-12(11-9-7-6-8-10-11)15-13(16)17-14(2,3)4/h5-10,12H,1H2,2-4H3,(H,15,16)/t12-/m1/s1. The molecule has 1 N–H and O–H groups in total. The third-order valence-electron chi connectivity index (χ3n) is 2.07. The number of ether oxygens (including phenoxy) is 1. The molecule has 0 unspecified atom stereocenters. The molecule has 1 rings (SSSR count). The lowest BCUT2D eigenvalue weighted by molar-refractivity contribution is 0.0514. The molecular formula is C14H19NO2. The van der Waals surface area contributed by atoms with E-state index in [9.17, 15) is 4.79 Å². The predicted molar refractivity (Wildman–Crippen MR) is 68.7 cm³/mol. The lowest BCUT2D eigenvalue weighted by Crippen LogP contribution is -2.34. The maximum atomic E-state index is 11.6. The summed E-state index contributed by atoms with van der Waals surface area (Å²) >= 11 is 0. The number of hydrogen-bond donors (Lipinski definition) is 1. The number of amides is 1. The third-order valence-corrected chi connectivity index (χ3v) is 2.07. The van der Waals surface area contributed by atoms with Crippen molar-refractivity contribution in [3.05, 3.63) is 48.6 Å². The molecule has 0 aliphatic rings. The van der Waals surface area contributed by atoms with Crippen LogP contribution in [-0.2, 0) is 4.74 Å². The highest BCUT2D eigenvalue weighted by atomic mass is 16.6. The third kappa shape index (κ3) is 4.72. The zero-order chi connectivity index (χ0) is 12.9. The van der Waals surface area contributed by atoms with E-state index in [0.29, 0.717) is 0 Å². The highest BCUT2D eigenvalue weighted by Gasteiger charge is 2.18. The molecule has 0 aromatic heterocycles. The fourth-order valence-electron chi connectivity index (χ4n) is 1.37. The van der Waals surface area contributed by atoms with Gasteiger partial charge in [-0.3, -0.25) is 0 Å². The quantitative estimate of drug-likeness (QED) is 0.812. The molecule has 92 valence electrons. The number of rotatable bonds is 3. The van der Waals surface area contributed by atoms with Crippen molar-refractivity contribution in [2.24, 2.45) is 0 Å². The molecule has 17 heavy (non-hydrogen) atoms. The van der Waals surface area contributed by atoms with Crippen molar-refractivity contribution in [3.63, 3.8) is 0 Å². The first-order chi connectivity index (χ1) is 7.92. The fraction of sp³-hybridized carbons (Fsp3) is 0.357. The van der Waals surface area contributed by atoms with Crippen LogP contribution in [0.1, 0.15) is 32.4 Å². The normalized spacial score (nSPS) is 12.6. The molecule has 0 saturated heterocycles. The van der Waals surface area contributed by atoms with E-state index in [1.54, 1.807) is 6.08 Å². The Balaban J connectivity index is 2.66. The van der Waals surface area contributed by atoms with Gasteiger partial charge in [-0.1, -0.05) is 36.4 Å². The molecule has 0 bridgehead atoms. The van der Waals surface area contributed by atoms with E-state index in [4.69, 9.17) is 4.74 Å². The summed E-state index contributed by atoms with van der Waals surface area (Å²) in [6.45, 7) is 9.21. The minimum absolute atomic E-state index is 0.231. The summed E-state index contributed by atoms with van der Waals surface area (Å²) in [5, 5.41) is 2.76. The number of carbonyl (C=O) groups excluding carboxylic acids is 1. The Labute approximate surface area is 102 Å². The van der Waals surface area contributed by atoms with Crippen molar-refractivity contribution in [3.8, 4) is 0 Å². The summed E-state index contributed by atoms with van der Waals surface area (Å²) in [4.78, 5) is 11.6. The second-order valence-electron chi connectivity index (χ2n) is 4.77. The molecule has 1 amide bonds. The van der Waals surface area contributed by atoms with E-state index in [1.807, 2.05) is 51.1 Å². The van der Waals surface area contributed by atoms with E-state index in [2.05, 4.69) is 11.9 Å². The molecule has 0 radical (unpaired) electrons. The molecule has 0 spiro atoms. The van der Waals surface area contributed by atoms with Gasteiger partial charge in [-0.2, -0.15) is 0 Å². The molecule has 1 atom stereocenters. The second kappa shape index (κ2) is 5.53. The van der Waals surface area contributed by atoms with Gasteiger partial charge >= 0.3 is 6.09 Å². The van der Waals surface area contributed by atoms with Crippen LogP contribution in [0.2, 0.25) is 0 Å². The molecule has 0 aliphatic carbocycles. The van der Waals surface area contributed by atoms with Crippen LogP contribution in [0.3, 0.4) is 0 Å². The first-order valence-electron chi connectivity index (χ1n) is 5.59. The van der Waals surface area contributed by atoms with Crippen LogP contribution in [0, 0.1) is 0 Å². The van der Waals surface area contributed by atoms with Crippen LogP contribution in [0.4, 0.5) is 4.79 Å². The van der Waals surface area contributed by atoms with Crippen molar-refractivity contribution >= 4 is 6.09 Å². The first kappa shape index (κ1) is 13.3. The number of carbonyl (C=O) groups is 1. The second-order valence-corrected chi connectivity index (χ2v) is 4.77. The maximum Gasteiger partial charge on any atom is 0.408 e. The zero-order valence-corrected chi connectivity index (χ0v) is 10.6. The zero-order valence-electron chi connectivity index (χ0n) is 10.6. The van der Waals surface area contributed by atoms with Gasteiger partial charge in [-0.15, -0.1) is 6.58 Å². The molecule has 3 nitrogen and oxygen atoms in total. The van der Waals surface area contributed by atoms with Crippen molar-refractivity contribution < 1.29 is 9.53 Å². The van der Waals surface area contributed by atoms with Gasteiger partial charge < -0.3 is 10.1 Å². The Morgan fingerprint density at radius 3 is 2.41 bits per heavy atom. The average Bonchev–Trinajstić information content (AvgIpc) is 2.24. The Bertz CT molecular complexity index is 379. The Hall–Kier alpha value is -1.77. The Morgan fingerprint density at radius 1 is 1.35 bits per heavy atom. The van der Waals surface area contributed by atoms with E-state index in [0.717, 1.165) is 5.56 Å². The molecule has 0 heterocycles. The van der Waals surface area contributed by atoms with Gasteiger partial charge in [-0.25, -0.2) is 4.79 Å². The lowest BCUT2D eigenvalue weighted by Gasteiger charge is -2.22. The molecule has 0 fully saturated rings. The molecule has 0 aliphatic heterocycles. The average molecular weight is 233 g/mol. The Morgan fingerprint density at radius 2 is 1.94 bits per heavy atom. The summed E-state index contributed by atoms with van der Waals surface area (Å²) in [7, 11) is 0. The Kier molecular flexibility index (Phi) is 4.32. The van der Waals surface area contributed by atoms with E-state index in [-0.39, 0.29) is 6.04 Å². The van der Waals surface area contributed by atoms with Crippen molar-refractivity contribution in [2.75, 3.05) is 0 Å². The summed E-state index contributed by atoms with van der Waals surface area (Å²) in [6.07, 6.45) is 1.24.